The highest BCUT2D eigenvalue weighted by Gasteiger charge is 2.08. The first-order valence-corrected chi connectivity index (χ1v) is 7.48. The second-order valence-corrected chi connectivity index (χ2v) is 5.56. The highest BCUT2D eigenvalue weighted by atomic mass is 19.1. The number of rotatable bonds is 5. The molecule has 1 N–H and O–H groups in total. The van der Waals surface area contributed by atoms with Crippen LogP contribution >= 0.6 is 0 Å². The number of aryl methyl sites for hydroxylation is 1. The van der Waals surface area contributed by atoms with Gasteiger partial charge >= 0.3 is 0 Å². The van der Waals surface area contributed by atoms with Gasteiger partial charge < -0.3 is 10.2 Å². The summed E-state index contributed by atoms with van der Waals surface area (Å²) < 4.78 is 27.4. The molecule has 0 spiro atoms. The van der Waals surface area contributed by atoms with Crippen LogP contribution in [0.15, 0.2) is 35.3 Å². The van der Waals surface area contributed by atoms with Crippen molar-refractivity contribution in [3.63, 3.8) is 0 Å². The van der Waals surface area contributed by atoms with Crippen molar-refractivity contribution in [2.45, 2.75) is 20.8 Å². The Balaban J connectivity index is 2.35. The van der Waals surface area contributed by atoms with Crippen LogP contribution in [0.4, 0.5) is 25.8 Å². The van der Waals surface area contributed by atoms with Gasteiger partial charge in [0.25, 0.3) is 0 Å². The highest BCUT2D eigenvalue weighted by Crippen LogP contribution is 2.30. The summed E-state index contributed by atoms with van der Waals surface area (Å²) in [5.41, 5.74) is 3.29. The molecular weight excluding hydrogens is 296 g/mol. The Bertz CT molecular complexity index is 706. The average molecular weight is 317 g/mol. The first-order valence-electron chi connectivity index (χ1n) is 7.48. The zero-order valence-corrected chi connectivity index (χ0v) is 13.8. The molecule has 0 heterocycles. The van der Waals surface area contributed by atoms with Crippen LogP contribution in [0.2, 0.25) is 0 Å². The van der Waals surface area contributed by atoms with Gasteiger partial charge in [-0.2, -0.15) is 0 Å². The Hall–Kier alpha value is -2.43. The van der Waals surface area contributed by atoms with Crippen LogP contribution in [0.3, 0.4) is 0 Å². The van der Waals surface area contributed by atoms with Crippen LogP contribution in [-0.2, 0) is 0 Å². The third kappa shape index (κ3) is 4.52. The van der Waals surface area contributed by atoms with E-state index in [2.05, 4.69) is 10.3 Å². The van der Waals surface area contributed by atoms with Gasteiger partial charge in [0.05, 0.1) is 12.0 Å². The van der Waals surface area contributed by atoms with Crippen molar-refractivity contribution in [2.75, 3.05) is 18.9 Å². The van der Waals surface area contributed by atoms with E-state index in [0.717, 1.165) is 17.7 Å². The van der Waals surface area contributed by atoms with Gasteiger partial charge in [0.15, 0.2) is 0 Å². The van der Waals surface area contributed by atoms with Crippen LogP contribution < -0.4 is 5.32 Å². The molecule has 2 aromatic carbocycles. The maximum atomic E-state index is 13.9. The predicted molar refractivity (Wildman–Crippen MR) is 92.0 cm³/mol. The van der Waals surface area contributed by atoms with E-state index in [9.17, 15) is 8.78 Å². The largest absolute Gasteiger partial charge is 0.366 e. The Kier molecular flexibility index (Phi) is 5.32. The van der Waals surface area contributed by atoms with Gasteiger partial charge in [-0.3, -0.25) is 0 Å². The Morgan fingerprint density at radius 1 is 1.09 bits per heavy atom. The number of halogens is 2. The molecule has 3 nitrogen and oxygen atoms in total. The third-order valence-electron chi connectivity index (χ3n) is 3.56. The quantitative estimate of drug-likeness (QED) is 0.625. The van der Waals surface area contributed by atoms with E-state index in [-0.39, 0.29) is 5.82 Å². The molecule has 0 aliphatic rings. The van der Waals surface area contributed by atoms with Crippen molar-refractivity contribution in [1.29, 1.82) is 0 Å². The van der Waals surface area contributed by atoms with Crippen LogP contribution in [0.5, 0.6) is 0 Å². The Labute approximate surface area is 135 Å². The summed E-state index contributed by atoms with van der Waals surface area (Å²) in [4.78, 5) is 6.22. The van der Waals surface area contributed by atoms with Crippen molar-refractivity contribution < 1.29 is 8.78 Å². The minimum absolute atomic E-state index is 0.329. The third-order valence-corrected chi connectivity index (χ3v) is 3.56. The molecule has 0 saturated heterocycles. The van der Waals surface area contributed by atoms with Gasteiger partial charge in [-0.1, -0.05) is 0 Å². The summed E-state index contributed by atoms with van der Waals surface area (Å²) in [6.07, 6.45) is 1.66. The number of hydrogen-bond acceptors (Lipinski definition) is 2. The molecule has 0 radical (unpaired) electrons. The molecule has 0 aliphatic heterocycles. The fourth-order valence-corrected chi connectivity index (χ4v) is 2.13. The number of anilines is 2. The summed E-state index contributed by atoms with van der Waals surface area (Å²) in [6, 6.07) is 7.40. The van der Waals surface area contributed by atoms with Gasteiger partial charge in [0, 0.05) is 25.0 Å². The monoisotopic (exact) mass is 317 g/mol. The summed E-state index contributed by atoms with van der Waals surface area (Å²) in [5.74, 6) is -0.720. The molecule has 0 saturated carbocycles. The van der Waals surface area contributed by atoms with Gasteiger partial charge in [-0.05, 0) is 62.2 Å². The van der Waals surface area contributed by atoms with Gasteiger partial charge in [0.2, 0.25) is 0 Å². The number of hydrogen-bond donors (Lipinski definition) is 1. The normalized spacial score (nSPS) is 11.0. The summed E-state index contributed by atoms with van der Waals surface area (Å²) in [7, 11) is 1.90. The minimum atomic E-state index is -0.391. The molecule has 122 valence electrons. The first-order chi connectivity index (χ1) is 10.9. The molecule has 0 bridgehead atoms. The zero-order valence-electron chi connectivity index (χ0n) is 13.8. The van der Waals surface area contributed by atoms with Crippen LogP contribution in [0.1, 0.15) is 18.1 Å². The lowest BCUT2D eigenvalue weighted by atomic mass is 10.1. The maximum Gasteiger partial charge on any atom is 0.127 e. The molecule has 2 aromatic rings. The van der Waals surface area contributed by atoms with Crippen molar-refractivity contribution in [3.05, 3.63) is 53.1 Å². The van der Waals surface area contributed by atoms with Gasteiger partial charge in [0.1, 0.15) is 11.6 Å². The molecule has 2 rings (SSSR count). The summed E-state index contributed by atoms with van der Waals surface area (Å²) >= 11 is 0. The topological polar surface area (TPSA) is 27.6 Å². The van der Waals surface area contributed by atoms with E-state index < -0.39 is 5.82 Å². The number of nitrogens with one attached hydrogen (secondary N) is 1. The molecule has 0 atom stereocenters. The molecule has 0 aromatic heterocycles. The fraction of sp³-hybridized carbons (Fsp3) is 0.278. The maximum absolute atomic E-state index is 13.9. The second kappa shape index (κ2) is 7.22. The zero-order chi connectivity index (χ0) is 17.0. The van der Waals surface area contributed by atoms with Crippen molar-refractivity contribution in [3.8, 4) is 0 Å². The SMILES string of the molecule is CCN(C)/C=N/c1cc(F)cc(Nc2cc(C)cc(F)c2)c1C. The van der Waals surface area contributed by atoms with E-state index in [4.69, 9.17) is 0 Å². The van der Waals surface area contributed by atoms with E-state index in [1.165, 1.54) is 24.3 Å². The molecule has 5 heteroatoms. The second-order valence-electron chi connectivity index (χ2n) is 5.56. The number of benzene rings is 2. The predicted octanol–water partition coefficient (Wildman–Crippen LogP) is 4.94. The highest BCUT2D eigenvalue weighted by molar-refractivity contribution is 5.72. The lowest BCUT2D eigenvalue weighted by Gasteiger charge is -2.14. The number of nitrogens with zero attached hydrogens (tertiary/aromatic N) is 2. The van der Waals surface area contributed by atoms with E-state index >= 15 is 0 Å². The van der Waals surface area contributed by atoms with Crippen LogP contribution in [0.25, 0.3) is 0 Å². The van der Waals surface area contributed by atoms with Crippen LogP contribution in [0, 0.1) is 25.5 Å². The molecule has 0 fully saturated rings. The molecule has 23 heavy (non-hydrogen) atoms. The van der Waals surface area contributed by atoms with E-state index in [0.29, 0.717) is 17.1 Å². The molecule has 0 unspecified atom stereocenters. The molecule has 0 amide bonds. The lowest BCUT2D eigenvalue weighted by Crippen LogP contribution is -2.14. The van der Waals surface area contributed by atoms with Gasteiger partial charge in [-0.15, -0.1) is 0 Å². The van der Waals surface area contributed by atoms with Crippen molar-refractivity contribution in [1.82, 2.24) is 4.90 Å². The smallest absolute Gasteiger partial charge is 0.127 e. The first kappa shape index (κ1) is 16.9. The van der Waals surface area contributed by atoms with Gasteiger partial charge in [-0.25, -0.2) is 13.8 Å². The Morgan fingerprint density at radius 2 is 1.78 bits per heavy atom. The number of aliphatic imine (C=N–C) groups is 1. The minimum Gasteiger partial charge on any atom is -0.366 e. The summed E-state index contributed by atoms with van der Waals surface area (Å²) in [6.45, 7) is 6.48. The average Bonchev–Trinajstić information content (AvgIpc) is 2.47. The standard InChI is InChI=1S/C18H21F2N3/c1-5-23(4)11-21-17-9-15(20)10-18(13(17)3)22-16-7-12(2)6-14(19)8-16/h6-11,22H,5H2,1-4H3/b21-11+. The van der Waals surface area contributed by atoms with E-state index in [1.54, 1.807) is 12.4 Å². The summed E-state index contributed by atoms with van der Waals surface area (Å²) in [5, 5.41) is 3.07. The Morgan fingerprint density at radius 3 is 2.43 bits per heavy atom. The molecular formula is C18H21F2N3. The lowest BCUT2D eigenvalue weighted by molar-refractivity contribution is 0.552. The van der Waals surface area contributed by atoms with Crippen molar-refractivity contribution >= 4 is 23.4 Å². The van der Waals surface area contributed by atoms with E-state index in [1.807, 2.05) is 32.7 Å². The van der Waals surface area contributed by atoms with Crippen LogP contribution in [-0.4, -0.2) is 24.8 Å². The van der Waals surface area contributed by atoms with Crippen molar-refractivity contribution in [2.24, 2.45) is 4.99 Å². The molecule has 0 aliphatic carbocycles. The fourth-order valence-electron chi connectivity index (χ4n) is 2.13.